The van der Waals surface area contributed by atoms with E-state index < -0.39 is 0 Å². The topological polar surface area (TPSA) is 66.0 Å². The minimum atomic E-state index is 0.0317. The molecule has 0 amide bonds. The second kappa shape index (κ2) is 5.28. The van der Waals surface area contributed by atoms with E-state index in [1.165, 1.54) is 0 Å². The van der Waals surface area contributed by atoms with Crippen LogP contribution in [0.4, 0.5) is 0 Å². The van der Waals surface area contributed by atoms with Crippen molar-refractivity contribution in [2.75, 3.05) is 6.61 Å². The maximum atomic E-state index is 5.91. The van der Waals surface area contributed by atoms with Crippen molar-refractivity contribution in [1.29, 1.82) is 0 Å². The summed E-state index contributed by atoms with van der Waals surface area (Å²) in [6.45, 7) is 1.14. The summed E-state index contributed by atoms with van der Waals surface area (Å²) in [6.07, 6.45) is 2.07. The van der Waals surface area contributed by atoms with Gasteiger partial charge >= 0.3 is 0 Å². The van der Waals surface area contributed by atoms with Crippen LogP contribution in [0.25, 0.3) is 5.69 Å². The monoisotopic (exact) mass is 278 g/mol. The summed E-state index contributed by atoms with van der Waals surface area (Å²) in [4.78, 5) is 0. The number of ether oxygens (including phenoxy) is 1. The van der Waals surface area contributed by atoms with Crippen molar-refractivity contribution >= 4 is 11.6 Å². The second-order valence-corrected chi connectivity index (χ2v) is 4.95. The van der Waals surface area contributed by atoms with Crippen LogP contribution in [0.1, 0.15) is 30.3 Å². The first-order valence-corrected chi connectivity index (χ1v) is 6.69. The molecule has 0 spiro atoms. The smallest absolute Gasteiger partial charge is 0.103 e. The fraction of sp³-hybridized carbons (Fsp3) is 0.385. The van der Waals surface area contributed by atoms with E-state index in [1.54, 1.807) is 4.68 Å². The van der Waals surface area contributed by atoms with Gasteiger partial charge in [-0.1, -0.05) is 16.8 Å². The normalized spacial score (nSPS) is 18.9. The Labute approximate surface area is 116 Å². The first-order valence-electron chi connectivity index (χ1n) is 6.31. The minimum absolute atomic E-state index is 0.0317. The van der Waals surface area contributed by atoms with Gasteiger partial charge in [-0.2, -0.15) is 0 Å². The highest BCUT2D eigenvalue weighted by Crippen LogP contribution is 2.31. The Kier molecular flexibility index (Phi) is 3.50. The van der Waals surface area contributed by atoms with Crippen LogP contribution in [0, 0.1) is 0 Å². The molecule has 1 fully saturated rings. The Hall–Kier alpha value is -1.43. The lowest BCUT2D eigenvalue weighted by Crippen LogP contribution is -2.10. The number of benzene rings is 1. The summed E-state index contributed by atoms with van der Waals surface area (Å²) >= 11 is 5.91. The molecular formula is C13H15ClN4O. The van der Waals surface area contributed by atoms with E-state index in [4.69, 9.17) is 22.1 Å². The third-order valence-electron chi connectivity index (χ3n) is 3.28. The number of halogens is 1. The van der Waals surface area contributed by atoms with Crippen LogP contribution < -0.4 is 5.73 Å². The zero-order valence-electron chi connectivity index (χ0n) is 10.4. The van der Waals surface area contributed by atoms with Crippen molar-refractivity contribution < 1.29 is 4.74 Å². The lowest BCUT2D eigenvalue weighted by molar-refractivity contribution is 0.106. The third kappa shape index (κ3) is 2.36. The molecule has 3 rings (SSSR count). The van der Waals surface area contributed by atoms with Crippen LogP contribution in [0.3, 0.4) is 0 Å². The van der Waals surface area contributed by atoms with Crippen LogP contribution in [0.15, 0.2) is 24.3 Å². The van der Waals surface area contributed by atoms with Gasteiger partial charge in [0, 0.05) is 18.2 Å². The quantitative estimate of drug-likeness (QED) is 0.935. The van der Waals surface area contributed by atoms with Crippen molar-refractivity contribution in [2.45, 2.75) is 25.5 Å². The van der Waals surface area contributed by atoms with Crippen LogP contribution in [0.5, 0.6) is 0 Å². The molecular weight excluding hydrogens is 264 g/mol. The van der Waals surface area contributed by atoms with Gasteiger partial charge in [0.1, 0.15) is 11.8 Å². The fourth-order valence-corrected chi connectivity index (χ4v) is 2.48. The molecule has 1 saturated heterocycles. The molecule has 1 aliphatic heterocycles. The Morgan fingerprint density at radius 1 is 1.37 bits per heavy atom. The predicted octanol–water partition coefficient (Wildman–Crippen LogP) is 2.23. The Balaban J connectivity index is 2.05. The van der Waals surface area contributed by atoms with Gasteiger partial charge in [0.05, 0.1) is 11.4 Å². The molecule has 6 heteroatoms. The summed E-state index contributed by atoms with van der Waals surface area (Å²) in [5.74, 6) is 0. The molecule has 19 heavy (non-hydrogen) atoms. The molecule has 2 N–H and O–H groups in total. The van der Waals surface area contributed by atoms with E-state index in [-0.39, 0.29) is 6.10 Å². The number of aromatic nitrogens is 3. The Morgan fingerprint density at radius 2 is 2.16 bits per heavy atom. The zero-order valence-corrected chi connectivity index (χ0v) is 11.2. The highest BCUT2D eigenvalue weighted by atomic mass is 35.5. The Morgan fingerprint density at radius 3 is 2.79 bits per heavy atom. The summed E-state index contributed by atoms with van der Waals surface area (Å²) < 4.78 is 7.54. The summed E-state index contributed by atoms with van der Waals surface area (Å²) in [5, 5.41) is 9.04. The number of rotatable bonds is 3. The molecule has 1 aliphatic rings. The summed E-state index contributed by atoms with van der Waals surface area (Å²) in [5.41, 5.74) is 8.41. The van der Waals surface area contributed by atoms with Crippen LogP contribution in [-0.2, 0) is 11.3 Å². The lowest BCUT2D eigenvalue weighted by Gasteiger charge is -2.13. The molecule has 1 aromatic carbocycles. The average Bonchev–Trinajstić information content (AvgIpc) is 3.07. The van der Waals surface area contributed by atoms with Crippen LogP contribution >= 0.6 is 11.6 Å². The van der Waals surface area contributed by atoms with Crippen LogP contribution in [-0.4, -0.2) is 21.6 Å². The summed E-state index contributed by atoms with van der Waals surface area (Å²) in [7, 11) is 0. The van der Waals surface area contributed by atoms with E-state index in [0.29, 0.717) is 11.6 Å². The molecule has 0 radical (unpaired) electrons. The highest BCUT2D eigenvalue weighted by Gasteiger charge is 2.26. The van der Waals surface area contributed by atoms with Gasteiger partial charge in [-0.05, 0) is 37.1 Å². The van der Waals surface area contributed by atoms with Crippen molar-refractivity contribution in [1.82, 2.24) is 15.0 Å². The molecule has 0 bridgehead atoms. The molecule has 1 aromatic heterocycles. The lowest BCUT2D eigenvalue weighted by atomic mass is 10.1. The van der Waals surface area contributed by atoms with Crippen molar-refractivity contribution in [3.05, 3.63) is 40.7 Å². The van der Waals surface area contributed by atoms with E-state index in [1.807, 2.05) is 24.3 Å². The number of nitrogens with two attached hydrogens (primary N) is 1. The van der Waals surface area contributed by atoms with Gasteiger partial charge in [-0.15, -0.1) is 5.10 Å². The molecule has 5 nitrogen and oxygen atoms in total. The summed E-state index contributed by atoms with van der Waals surface area (Å²) in [6, 6.07) is 7.49. The van der Waals surface area contributed by atoms with E-state index in [0.717, 1.165) is 36.5 Å². The van der Waals surface area contributed by atoms with E-state index >= 15 is 0 Å². The minimum Gasteiger partial charge on any atom is -0.372 e. The largest absolute Gasteiger partial charge is 0.372 e. The predicted molar refractivity (Wildman–Crippen MR) is 72.2 cm³/mol. The van der Waals surface area contributed by atoms with Crippen LogP contribution in [0.2, 0.25) is 5.02 Å². The van der Waals surface area contributed by atoms with Gasteiger partial charge < -0.3 is 10.5 Å². The molecule has 1 unspecified atom stereocenters. The van der Waals surface area contributed by atoms with Crippen molar-refractivity contribution in [2.24, 2.45) is 5.73 Å². The van der Waals surface area contributed by atoms with Gasteiger partial charge in [0.2, 0.25) is 0 Å². The Bertz CT molecular complexity index is 561. The van der Waals surface area contributed by atoms with E-state index in [2.05, 4.69) is 10.3 Å². The van der Waals surface area contributed by atoms with Crippen molar-refractivity contribution in [3.8, 4) is 5.69 Å². The highest BCUT2D eigenvalue weighted by molar-refractivity contribution is 6.30. The fourth-order valence-electron chi connectivity index (χ4n) is 2.35. The first-order chi connectivity index (χ1) is 9.29. The molecule has 100 valence electrons. The maximum Gasteiger partial charge on any atom is 0.103 e. The van der Waals surface area contributed by atoms with Crippen molar-refractivity contribution in [3.63, 3.8) is 0 Å². The first kappa shape index (κ1) is 12.6. The number of hydrogen-bond donors (Lipinski definition) is 1. The zero-order chi connectivity index (χ0) is 13.2. The molecule has 2 aromatic rings. The third-order valence-corrected chi connectivity index (χ3v) is 3.53. The maximum absolute atomic E-state index is 5.91. The van der Waals surface area contributed by atoms with Gasteiger partial charge in [-0.3, -0.25) is 0 Å². The molecule has 2 heterocycles. The second-order valence-electron chi connectivity index (χ2n) is 4.52. The average molecular weight is 279 g/mol. The molecule has 0 aliphatic carbocycles. The van der Waals surface area contributed by atoms with E-state index in [9.17, 15) is 0 Å². The van der Waals surface area contributed by atoms with Gasteiger partial charge in [-0.25, -0.2) is 4.68 Å². The standard InChI is InChI=1S/C13H15ClN4O/c14-9-3-5-10(6-4-9)18-13(11(8-15)16-17-18)12-2-1-7-19-12/h3-6,12H,1-2,7-8,15H2. The SMILES string of the molecule is NCc1nnn(-c2ccc(Cl)cc2)c1C1CCCO1. The number of hydrogen-bond acceptors (Lipinski definition) is 4. The number of nitrogens with zero attached hydrogens (tertiary/aromatic N) is 3. The van der Waals surface area contributed by atoms with Gasteiger partial charge in [0.15, 0.2) is 0 Å². The van der Waals surface area contributed by atoms with Gasteiger partial charge in [0.25, 0.3) is 0 Å². The molecule has 0 saturated carbocycles. The molecule has 1 atom stereocenters.